The van der Waals surface area contributed by atoms with Gasteiger partial charge in [0.2, 0.25) is 5.91 Å². The third kappa shape index (κ3) is 5.33. The van der Waals surface area contributed by atoms with Gasteiger partial charge in [-0.25, -0.2) is 0 Å². The number of hydrogen-bond donors (Lipinski definition) is 1. The Morgan fingerprint density at radius 2 is 1.61 bits per heavy atom. The molecule has 1 aliphatic rings. The maximum Gasteiger partial charge on any atom is 0.253 e. The van der Waals surface area contributed by atoms with E-state index in [1.807, 2.05) is 19.2 Å². The number of nitrogens with zero attached hydrogens (tertiary/aromatic N) is 2. The van der Waals surface area contributed by atoms with E-state index in [9.17, 15) is 9.59 Å². The van der Waals surface area contributed by atoms with Gasteiger partial charge in [-0.3, -0.25) is 9.59 Å². The highest BCUT2D eigenvalue weighted by Crippen LogP contribution is 2.18. The van der Waals surface area contributed by atoms with Crippen LogP contribution in [-0.2, 0) is 22.6 Å². The van der Waals surface area contributed by atoms with E-state index >= 15 is 0 Å². The fourth-order valence-electron chi connectivity index (χ4n) is 3.19. The summed E-state index contributed by atoms with van der Waals surface area (Å²) in [5.74, 6) is -0.0946. The van der Waals surface area contributed by atoms with E-state index in [2.05, 4.69) is 34.5 Å². The Kier molecular flexibility index (Phi) is 6.66. The second-order valence-corrected chi connectivity index (χ2v) is 7.03. The quantitative estimate of drug-likeness (QED) is 0.835. The van der Waals surface area contributed by atoms with Gasteiger partial charge in [-0.2, -0.15) is 0 Å². The standard InChI is InChI=1S/C22H27N3O3/c1-17(26)23-15-18-3-7-20(8-4-18)22(27)24(2)16-19-5-9-21(10-6-19)25-11-13-28-14-12-25/h3-10H,11-16H2,1-2H3,(H,23,26). The molecule has 6 heteroatoms. The van der Waals surface area contributed by atoms with Crippen molar-refractivity contribution in [3.63, 3.8) is 0 Å². The summed E-state index contributed by atoms with van der Waals surface area (Å²) >= 11 is 0. The van der Waals surface area contributed by atoms with Gasteiger partial charge in [0.05, 0.1) is 13.2 Å². The van der Waals surface area contributed by atoms with Gasteiger partial charge in [0.25, 0.3) is 5.91 Å². The molecular formula is C22H27N3O3. The SMILES string of the molecule is CC(=O)NCc1ccc(C(=O)N(C)Cc2ccc(N3CCOCC3)cc2)cc1. The molecular weight excluding hydrogens is 354 g/mol. The molecule has 0 unspecified atom stereocenters. The summed E-state index contributed by atoms with van der Waals surface area (Å²) in [5.41, 5.74) is 3.89. The Morgan fingerprint density at radius 3 is 2.21 bits per heavy atom. The molecule has 0 aliphatic carbocycles. The molecule has 0 atom stereocenters. The maximum absolute atomic E-state index is 12.7. The highest BCUT2D eigenvalue weighted by atomic mass is 16.5. The van der Waals surface area contributed by atoms with Gasteiger partial charge in [0.15, 0.2) is 0 Å². The fourth-order valence-corrected chi connectivity index (χ4v) is 3.19. The Balaban J connectivity index is 1.56. The van der Waals surface area contributed by atoms with E-state index in [-0.39, 0.29) is 11.8 Å². The maximum atomic E-state index is 12.7. The predicted octanol–water partition coefficient (Wildman–Crippen LogP) is 2.43. The lowest BCUT2D eigenvalue weighted by Gasteiger charge is -2.29. The fraction of sp³-hybridized carbons (Fsp3) is 0.364. The van der Waals surface area contributed by atoms with Crippen molar-refractivity contribution >= 4 is 17.5 Å². The molecule has 2 amide bonds. The number of anilines is 1. The Hall–Kier alpha value is -2.86. The molecule has 1 N–H and O–H groups in total. The summed E-state index contributed by atoms with van der Waals surface area (Å²) in [4.78, 5) is 27.7. The number of carbonyl (C=O) groups is 2. The number of nitrogens with one attached hydrogen (secondary N) is 1. The Morgan fingerprint density at radius 1 is 1.00 bits per heavy atom. The minimum atomic E-state index is -0.0699. The van der Waals surface area contributed by atoms with Crippen LogP contribution in [0.1, 0.15) is 28.4 Å². The van der Waals surface area contributed by atoms with Crippen molar-refractivity contribution in [3.8, 4) is 0 Å². The van der Waals surface area contributed by atoms with Crippen molar-refractivity contribution in [1.82, 2.24) is 10.2 Å². The Bertz CT molecular complexity index is 797. The van der Waals surface area contributed by atoms with Crippen molar-refractivity contribution in [2.45, 2.75) is 20.0 Å². The molecule has 2 aromatic rings. The number of ether oxygens (including phenoxy) is 1. The number of hydrogen-bond acceptors (Lipinski definition) is 4. The third-order valence-electron chi connectivity index (χ3n) is 4.82. The minimum absolute atomic E-state index is 0.0247. The lowest BCUT2D eigenvalue weighted by Crippen LogP contribution is -2.36. The van der Waals surface area contributed by atoms with Crippen LogP contribution in [0.5, 0.6) is 0 Å². The zero-order valence-electron chi connectivity index (χ0n) is 16.5. The van der Waals surface area contributed by atoms with Crippen LogP contribution in [0.15, 0.2) is 48.5 Å². The number of benzene rings is 2. The van der Waals surface area contributed by atoms with E-state index < -0.39 is 0 Å². The van der Waals surface area contributed by atoms with Gasteiger partial charge in [0.1, 0.15) is 0 Å². The summed E-state index contributed by atoms with van der Waals surface area (Å²) in [6.07, 6.45) is 0. The molecule has 1 saturated heterocycles. The van der Waals surface area contributed by atoms with Crippen LogP contribution >= 0.6 is 0 Å². The van der Waals surface area contributed by atoms with Gasteiger partial charge in [-0.15, -0.1) is 0 Å². The first-order valence-corrected chi connectivity index (χ1v) is 9.53. The van der Waals surface area contributed by atoms with E-state index in [4.69, 9.17) is 4.74 Å². The Labute approximate surface area is 166 Å². The van der Waals surface area contributed by atoms with E-state index in [1.165, 1.54) is 12.6 Å². The van der Waals surface area contributed by atoms with E-state index in [1.54, 1.807) is 17.0 Å². The molecule has 3 rings (SSSR count). The zero-order valence-corrected chi connectivity index (χ0v) is 16.5. The van der Waals surface area contributed by atoms with Gasteiger partial charge < -0.3 is 19.9 Å². The lowest BCUT2D eigenvalue weighted by atomic mass is 10.1. The van der Waals surface area contributed by atoms with Crippen molar-refractivity contribution in [2.24, 2.45) is 0 Å². The molecule has 1 fully saturated rings. The van der Waals surface area contributed by atoms with E-state index in [0.717, 1.165) is 37.4 Å². The minimum Gasteiger partial charge on any atom is -0.378 e. The van der Waals surface area contributed by atoms with Crippen LogP contribution in [0.2, 0.25) is 0 Å². The molecule has 0 bridgehead atoms. The average Bonchev–Trinajstić information content (AvgIpc) is 2.73. The van der Waals surface area contributed by atoms with Crippen LogP contribution in [-0.4, -0.2) is 50.1 Å². The van der Waals surface area contributed by atoms with Crippen LogP contribution in [0.25, 0.3) is 0 Å². The first-order chi connectivity index (χ1) is 13.5. The number of morpholine rings is 1. The van der Waals surface area contributed by atoms with Gasteiger partial charge >= 0.3 is 0 Å². The van der Waals surface area contributed by atoms with Gasteiger partial charge in [-0.05, 0) is 35.4 Å². The lowest BCUT2D eigenvalue weighted by molar-refractivity contribution is -0.119. The van der Waals surface area contributed by atoms with Crippen molar-refractivity contribution in [3.05, 3.63) is 65.2 Å². The summed E-state index contributed by atoms with van der Waals surface area (Å²) < 4.78 is 5.39. The molecule has 0 saturated carbocycles. The zero-order chi connectivity index (χ0) is 19.9. The predicted molar refractivity (Wildman–Crippen MR) is 109 cm³/mol. The molecule has 148 valence electrons. The molecule has 0 spiro atoms. The number of amides is 2. The monoisotopic (exact) mass is 381 g/mol. The van der Waals surface area contributed by atoms with Crippen LogP contribution in [0.4, 0.5) is 5.69 Å². The topological polar surface area (TPSA) is 61.9 Å². The van der Waals surface area contributed by atoms with Crippen LogP contribution in [0, 0.1) is 0 Å². The summed E-state index contributed by atoms with van der Waals surface area (Å²) in [5, 5.41) is 2.75. The van der Waals surface area contributed by atoms with Gasteiger partial charge in [0, 0.05) is 51.4 Å². The third-order valence-corrected chi connectivity index (χ3v) is 4.82. The van der Waals surface area contributed by atoms with Crippen molar-refractivity contribution in [2.75, 3.05) is 38.3 Å². The highest BCUT2D eigenvalue weighted by Gasteiger charge is 2.14. The first kappa shape index (κ1) is 19.9. The number of rotatable bonds is 6. The van der Waals surface area contributed by atoms with Crippen LogP contribution < -0.4 is 10.2 Å². The molecule has 28 heavy (non-hydrogen) atoms. The molecule has 0 radical (unpaired) electrons. The first-order valence-electron chi connectivity index (χ1n) is 9.53. The van der Waals surface area contributed by atoms with E-state index in [0.29, 0.717) is 18.7 Å². The second-order valence-electron chi connectivity index (χ2n) is 7.03. The summed E-state index contributed by atoms with van der Waals surface area (Å²) in [6.45, 7) is 5.86. The van der Waals surface area contributed by atoms with Crippen LogP contribution in [0.3, 0.4) is 0 Å². The molecule has 1 aliphatic heterocycles. The summed E-state index contributed by atoms with van der Waals surface area (Å²) in [7, 11) is 1.81. The normalized spacial score (nSPS) is 13.9. The second kappa shape index (κ2) is 9.37. The molecule has 0 aromatic heterocycles. The smallest absolute Gasteiger partial charge is 0.253 e. The summed E-state index contributed by atoms with van der Waals surface area (Å²) in [6, 6.07) is 15.7. The highest BCUT2D eigenvalue weighted by molar-refractivity contribution is 5.94. The van der Waals surface area contributed by atoms with Crippen molar-refractivity contribution < 1.29 is 14.3 Å². The molecule has 6 nitrogen and oxygen atoms in total. The van der Waals surface area contributed by atoms with Gasteiger partial charge in [-0.1, -0.05) is 24.3 Å². The number of carbonyl (C=O) groups excluding carboxylic acids is 2. The van der Waals surface area contributed by atoms with Crippen molar-refractivity contribution in [1.29, 1.82) is 0 Å². The molecule has 1 heterocycles. The molecule has 2 aromatic carbocycles. The largest absolute Gasteiger partial charge is 0.378 e. The average molecular weight is 381 g/mol.